The van der Waals surface area contributed by atoms with Gasteiger partial charge in [0.25, 0.3) is 5.91 Å². The number of benzene rings is 3. The fraction of sp³-hybridized carbons (Fsp3) is 0.190. The second-order valence-electron chi connectivity index (χ2n) is 6.44. The van der Waals surface area contributed by atoms with Gasteiger partial charge in [-0.15, -0.1) is 0 Å². The molecule has 0 unspecified atom stereocenters. The fourth-order valence-electron chi connectivity index (χ4n) is 3.01. The number of hydrogen-bond donors (Lipinski definition) is 1. The molecule has 0 aliphatic heterocycles. The lowest BCUT2D eigenvalue weighted by atomic mass is 10.1. The summed E-state index contributed by atoms with van der Waals surface area (Å²) in [7, 11) is 0.664. The first kappa shape index (κ1) is 20.5. The van der Waals surface area contributed by atoms with Crippen molar-refractivity contribution in [2.45, 2.75) is 0 Å². The van der Waals surface area contributed by atoms with Gasteiger partial charge in [-0.3, -0.25) is 9.10 Å². The highest BCUT2D eigenvalue weighted by Gasteiger charge is 2.24. The average Bonchev–Trinajstić information content (AvgIpc) is 2.71. The van der Waals surface area contributed by atoms with E-state index in [1.807, 2.05) is 36.4 Å². The van der Waals surface area contributed by atoms with Gasteiger partial charge in [0.1, 0.15) is 0 Å². The molecule has 1 amide bonds. The topological polar surface area (TPSA) is 84.9 Å². The van der Waals surface area contributed by atoms with Crippen molar-refractivity contribution in [2.75, 3.05) is 37.1 Å². The third-order valence-electron chi connectivity index (χ3n) is 4.62. The van der Waals surface area contributed by atoms with Crippen molar-refractivity contribution in [3.63, 3.8) is 0 Å². The lowest BCUT2D eigenvalue weighted by Crippen LogP contribution is -2.28. The van der Waals surface area contributed by atoms with Gasteiger partial charge in [-0.1, -0.05) is 36.4 Å². The molecule has 0 radical (unpaired) electrons. The maximum absolute atomic E-state index is 13.1. The number of hydrogen-bond acceptors (Lipinski definition) is 5. The minimum Gasteiger partial charge on any atom is -0.493 e. The number of sulfonamides is 1. The lowest BCUT2D eigenvalue weighted by molar-refractivity contribution is 0.102. The monoisotopic (exact) mass is 414 g/mol. The molecule has 0 saturated carbocycles. The van der Waals surface area contributed by atoms with Crippen LogP contribution in [0.15, 0.2) is 54.6 Å². The van der Waals surface area contributed by atoms with Crippen molar-refractivity contribution in [1.29, 1.82) is 0 Å². The number of nitrogens with zero attached hydrogens (tertiary/aromatic N) is 1. The van der Waals surface area contributed by atoms with Crippen LogP contribution in [0.1, 0.15) is 10.4 Å². The van der Waals surface area contributed by atoms with E-state index in [2.05, 4.69) is 5.32 Å². The Morgan fingerprint density at radius 3 is 2.24 bits per heavy atom. The molecule has 0 saturated heterocycles. The van der Waals surface area contributed by atoms with Gasteiger partial charge in [0.15, 0.2) is 11.5 Å². The molecule has 0 heterocycles. The molecule has 3 aromatic carbocycles. The normalized spacial score (nSPS) is 11.2. The summed E-state index contributed by atoms with van der Waals surface area (Å²) in [6.45, 7) is 0. The molecular formula is C21H22N2O5S. The van der Waals surface area contributed by atoms with Crippen molar-refractivity contribution in [3.8, 4) is 11.5 Å². The lowest BCUT2D eigenvalue weighted by Gasteiger charge is -2.22. The van der Waals surface area contributed by atoms with Crippen LogP contribution in [0.3, 0.4) is 0 Å². The predicted octanol–water partition coefficient (Wildman–Crippen LogP) is 3.51. The zero-order valence-corrected chi connectivity index (χ0v) is 17.4. The summed E-state index contributed by atoms with van der Waals surface area (Å²) in [6, 6.07) is 16.2. The molecular weight excluding hydrogens is 392 g/mol. The molecule has 3 aromatic rings. The van der Waals surface area contributed by atoms with Gasteiger partial charge in [-0.05, 0) is 17.5 Å². The van der Waals surface area contributed by atoms with E-state index in [9.17, 15) is 13.2 Å². The third kappa shape index (κ3) is 4.12. The zero-order valence-electron chi connectivity index (χ0n) is 16.6. The Labute approximate surface area is 169 Å². The van der Waals surface area contributed by atoms with Crippen LogP contribution >= 0.6 is 0 Å². The molecule has 1 N–H and O–H groups in total. The molecule has 0 aliphatic rings. The quantitative estimate of drug-likeness (QED) is 0.667. The molecule has 7 nitrogen and oxygen atoms in total. The van der Waals surface area contributed by atoms with E-state index in [4.69, 9.17) is 9.47 Å². The smallest absolute Gasteiger partial charge is 0.257 e. The average molecular weight is 414 g/mol. The summed E-state index contributed by atoms with van der Waals surface area (Å²) in [5.41, 5.74) is 0.947. The van der Waals surface area contributed by atoms with Gasteiger partial charge in [-0.2, -0.15) is 0 Å². The summed E-state index contributed by atoms with van der Waals surface area (Å²) < 4.78 is 35.8. The SMILES string of the molecule is COc1cc(C(=O)Nc2cccc3ccccc23)c(N(C)S(C)(=O)=O)cc1OC. The number of nitrogens with one attached hydrogen (secondary N) is 1. The number of anilines is 2. The standard InChI is InChI=1S/C21H22N2O5S/c1-23(29(4,25)26)18-13-20(28-3)19(27-2)12-16(18)21(24)22-17-11-7-9-14-8-5-6-10-15(14)17/h5-13H,1-4H3,(H,22,24). The number of carbonyl (C=O) groups excluding carboxylic acids is 1. The summed E-state index contributed by atoms with van der Waals surface area (Å²) in [5, 5.41) is 4.73. The Morgan fingerprint density at radius 1 is 0.966 bits per heavy atom. The van der Waals surface area contributed by atoms with Crippen LogP contribution < -0.4 is 19.1 Å². The van der Waals surface area contributed by atoms with E-state index in [0.29, 0.717) is 17.2 Å². The van der Waals surface area contributed by atoms with Gasteiger partial charge >= 0.3 is 0 Å². The number of ether oxygens (including phenoxy) is 2. The van der Waals surface area contributed by atoms with E-state index < -0.39 is 15.9 Å². The van der Waals surface area contributed by atoms with E-state index in [1.54, 1.807) is 6.07 Å². The van der Waals surface area contributed by atoms with Crippen LogP contribution in [0.4, 0.5) is 11.4 Å². The second-order valence-corrected chi connectivity index (χ2v) is 8.45. The summed E-state index contributed by atoms with van der Waals surface area (Å²) in [4.78, 5) is 13.1. The largest absolute Gasteiger partial charge is 0.493 e. The highest BCUT2D eigenvalue weighted by atomic mass is 32.2. The molecule has 0 spiro atoms. The molecule has 152 valence electrons. The van der Waals surface area contributed by atoms with Crippen molar-refractivity contribution in [2.24, 2.45) is 0 Å². The van der Waals surface area contributed by atoms with Crippen LogP contribution in [0.2, 0.25) is 0 Å². The first-order valence-electron chi connectivity index (χ1n) is 8.75. The fourth-order valence-corrected chi connectivity index (χ4v) is 3.52. The van der Waals surface area contributed by atoms with Gasteiger partial charge in [0, 0.05) is 24.2 Å². The maximum Gasteiger partial charge on any atom is 0.257 e. The van der Waals surface area contributed by atoms with Gasteiger partial charge in [-0.25, -0.2) is 8.42 Å². The van der Waals surface area contributed by atoms with Gasteiger partial charge in [0.05, 0.1) is 31.7 Å². The Balaban J connectivity index is 2.11. The van der Waals surface area contributed by atoms with Crippen molar-refractivity contribution in [3.05, 3.63) is 60.2 Å². The Hall–Kier alpha value is -3.26. The summed E-state index contributed by atoms with van der Waals surface area (Å²) in [6.07, 6.45) is 1.07. The Morgan fingerprint density at radius 2 is 1.59 bits per heavy atom. The Kier molecular flexibility index (Phi) is 5.65. The first-order chi connectivity index (χ1) is 13.8. The molecule has 3 rings (SSSR count). The number of methoxy groups -OCH3 is 2. The van der Waals surface area contributed by atoms with Crippen molar-refractivity contribution >= 4 is 38.1 Å². The second kappa shape index (κ2) is 8.00. The van der Waals surface area contributed by atoms with Crippen molar-refractivity contribution in [1.82, 2.24) is 0 Å². The minimum atomic E-state index is -3.61. The molecule has 0 aliphatic carbocycles. The van der Waals surface area contributed by atoms with Crippen molar-refractivity contribution < 1.29 is 22.7 Å². The molecule has 0 atom stereocenters. The van der Waals surface area contributed by atoms with Crippen LogP contribution in [0, 0.1) is 0 Å². The highest BCUT2D eigenvalue weighted by molar-refractivity contribution is 7.92. The zero-order chi connectivity index (χ0) is 21.2. The maximum atomic E-state index is 13.1. The molecule has 0 aromatic heterocycles. The number of amides is 1. The Bertz CT molecular complexity index is 1170. The van der Waals surface area contributed by atoms with Crippen LogP contribution in [0.5, 0.6) is 11.5 Å². The van der Waals surface area contributed by atoms with Gasteiger partial charge in [0.2, 0.25) is 10.0 Å². The van der Waals surface area contributed by atoms with Gasteiger partial charge < -0.3 is 14.8 Å². The molecule has 29 heavy (non-hydrogen) atoms. The number of rotatable bonds is 6. The van der Waals surface area contributed by atoms with E-state index in [1.165, 1.54) is 33.4 Å². The van der Waals surface area contributed by atoms with Crippen LogP contribution in [-0.2, 0) is 10.0 Å². The number of fused-ring (bicyclic) bond motifs is 1. The number of carbonyl (C=O) groups is 1. The highest BCUT2D eigenvalue weighted by Crippen LogP contribution is 2.36. The van der Waals surface area contributed by atoms with Crippen LogP contribution in [0.25, 0.3) is 10.8 Å². The molecule has 0 bridgehead atoms. The first-order valence-corrected chi connectivity index (χ1v) is 10.6. The third-order valence-corrected chi connectivity index (χ3v) is 5.81. The molecule has 0 fully saturated rings. The van der Waals surface area contributed by atoms with E-state index >= 15 is 0 Å². The summed E-state index contributed by atoms with van der Waals surface area (Å²) in [5.74, 6) is 0.175. The minimum absolute atomic E-state index is 0.142. The van der Waals surface area contributed by atoms with Crippen LogP contribution in [-0.4, -0.2) is 41.8 Å². The predicted molar refractivity (Wildman–Crippen MR) is 115 cm³/mol. The molecule has 8 heteroatoms. The summed E-state index contributed by atoms with van der Waals surface area (Å²) >= 11 is 0. The van der Waals surface area contributed by atoms with E-state index in [-0.39, 0.29) is 11.3 Å². The van der Waals surface area contributed by atoms with E-state index in [0.717, 1.165) is 21.3 Å².